The van der Waals surface area contributed by atoms with Crippen molar-refractivity contribution in [3.8, 4) is 0 Å². The van der Waals surface area contributed by atoms with Gasteiger partial charge in [-0.3, -0.25) is 4.79 Å². The number of carbonyl (C=O) groups excluding carboxylic acids is 1. The normalized spacial score (nSPS) is 48.9. The lowest BCUT2D eigenvalue weighted by molar-refractivity contribution is -0.181. The van der Waals surface area contributed by atoms with Gasteiger partial charge in [-0.05, 0) is 104 Å². The molecule has 0 aromatic rings. The van der Waals surface area contributed by atoms with E-state index < -0.39 is 0 Å². The fourth-order valence-corrected chi connectivity index (χ4v) is 9.05. The summed E-state index contributed by atoms with van der Waals surface area (Å²) < 4.78 is 11.1. The minimum atomic E-state index is -0.113. The molecule has 0 amide bonds. The average molecular weight is 421 g/mol. The zero-order chi connectivity index (χ0) is 21.7. The molecule has 4 rings (SSSR count). The van der Waals surface area contributed by atoms with Gasteiger partial charge in [0.2, 0.25) is 0 Å². The van der Waals surface area contributed by atoms with E-state index in [2.05, 4.69) is 20.8 Å². The lowest BCUT2D eigenvalue weighted by Gasteiger charge is -2.63. The van der Waals surface area contributed by atoms with Crippen molar-refractivity contribution in [3.05, 3.63) is 0 Å². The summed E-state index contributed by atoms with van der Waals surface area (Å²) >= 11 is 0. The Balaban J connectivity index is 1.55. The monoisotopic (exact) mass is 420 g/mol. The first kappa shape index (κ1) is 22.6. The molecule has 30 heavy (non-hydrogen) atoms. The second-order valence-electron chi connectivity index (χ2n) is 11.8. The highest BCUT2D eigenvalue weighted by Gasteiger charge is 2.63. The summed E-state index contributed by atoms with van der Waals surface area (Å²) in [6, 6.07) is 0. The molecule has 1 N–H and O–H groups in total. The molecule has 0 spiro atoms. The van der Waals surface area contributed by atoms with Gasteiger partial charge in [-0.25, -0.2) is 0 Å². The number of aliphatic hydroxyl groups is 1. The predicted molar refractivity (Wildman–Crippen MR) is 118 cm³/mol. The Morgan fingerprint density at radius 1 is 1.03 bits per heavy atom. The first-order valence-corrected chi connectivity index (χ1v) is 12.5. The standard InChI is InChI=1S/C26H44O4/c1-16(6-9-23(28)30-5)19-7-8-20-24-21(11-13-26(19,20)3)25(2)12-10-18(27)14-17(25)15-22(24)29-4/h16-22,24,27H,6-15H2,1-5H3/t16-,17?,18?,19-,20+,21+,22?,24+,25+,26-/m1/s1. The van der Waals surface area contributed by atoms with Crippen molar-refractivity contribution in [2.24, 2.45) is 46.3 Å². The van der Waals surface area contributed by atoms with Gasteiger partial charge in [0.05, 0.1) is 19.3 Å². The molecule has 4 heteroatoms. The van der Waals surface area contributed by atoms with Crippen LogP contribution in [0.3, 0.4) is 0 Å². The highest BCUT2D eigenvalue weighted by atomic mass is 16.5. The first-order chi connectivity index (χ1) is 14.2. The molecule has 4 aliphatic rings. The Kier molecular flexibility index (Phi) is 6.31. The van der Waals surface area contributed by atoms with Crippen molar-refractivity contribution in [1.82, 2.24) is 0 Å². The summed E-state index contributed by atoms with van der Waals surface area (Å²) in [5.41, 5.74) is 0.736. The van der Waals surface area contributed by atoms with E-state index in [4.69, 9.17) is 9.47 Å². The van der Waals surface area contributed by atoms with Crippen molar-refractivity contribution in [2.75, 3.05) is 14.2 Å². The van der Waals surface area contributed by atoms with Crippen molar-refractivity contribution < 1.29 is 19.4 Å². The molecular weight excluding hydrogens is 376 g/mol. The van der Waals surface area contributed by atoms with Gasteiger partial charge >= 0.3 is 5.97 Å². The van der Waals surface area contributed by atoms with Crippen LogP contribution in [0.4, 0.5) is 0 Å². The lowest BCUT2D eigenvalue weighted by atomic mass is 9.43. The van der Waals surface area contributed by atoms with Gasteiger partial charge in [0.1, 0.15) is 0 Å². The Morgan fingerprint density at radius 2 is 1.73 bits per heavy atom. The van der Waals surface area contributed by atoms with E-state index in [0.717, 1.165) is 37.5 Å². The van der Waals surface area contributed by atoms with Crippen LogP contribution in [-0.2, 0) is 14.3 Å². The molecule has 172 valence electrons. The Labute approximate surface area is 183 Å². The Morgan fingerprint density at radius 3 is 2.43 bits per heavy atom. The van der Waals surface area contributed by atoms with Crippen molar-refractivity contribution >= 4 is 5.97 Å². The first-order valence-electron chi connectivity index (χ1n) is 12.5. The van der Waals surface area contributed by atoms with E-state index >= 15 is 0 Å². The molecule has 0 aromatic heterocycles. The number of carbonyl (C=O) groups is 1. The molecule has 4 nitrogen and oxygen atoms in total. The van der Waals surface area contributed by atoms with Crippen LogP contribution >= 0.6 is 0 Å². The number of ether oxygens (including phenoxy) is 2. The van der Waals surface area contributed by atoms with Crippen LogP contribution in [-0.4, -0.2) is 37.5 Å². The third kappa shape index (κ3) is 3.54. The predicted octanol–water partition coefficient (Wildman–Crippen LogP) is 5.22. The highest BCUT2D eigenvalue weighted by molar-refractivity contribution is 5.69. The smallest absolute Gasteiger partial charge is 0.305 e. The van der Waals surface area contributed by atoms with Crippen LogP contribution in [0.2, 0.25) is 0 Å². The second kappa shape index (κ2) is 8.39. The quantitative estimate of drug-likeness (QED) is 0.620. The largest absolute Gasteiger partial charge is 0.469 e. The SMILES string of the molecule is COC(=O)CC[C@@H](C)[C@H]1CC[C@H]2[C@@H]3C(OC)CC4CC(O)CC[C@]4(C)[C@H]3CC[C@]12C. The molecule has 0 aliphatic heterocycles. The molecule has 0 bridgehead atoms. The number of methoxy groups -OCH3 is 2. The number of hydrogen-bond acceptors (Lipinski definition) is 4. The molecule has 0 heterocycles. The molecule has 10 atom stereocenters. The van der Waals surface area contributed by atoms with Gasteiger partial charge in [-0.15, -0.1) is 0 Å². The summed E-state index contributed by atoms with van der Waals surface area (Å²) in [6.07, 6.45) is 11.2. The van der Waals surface area contributed by atoms with Crippen molar-refractivity contribution in [2.45, 2.75) is 97.2 Å². The molecule has 4 aliphatic carbocycles. The fraction of sp³-hybridized carbons (Fsp3) is 0.962. The molecule has 3 unspecified atom stereocenters. The van der Waals surface area contributed by atoms with Gasteiger partial charge in [0.25, 0.3) is 0 Å². The molecule has 4 fully saturated rings. The third-order valence-corrected chi connectivity index (χ3v) is 10.7. The number of aliphatic hydroxyl groups excluding tert-OH is 1. The van der Waals surface area contributed by atoms with Gasteiger partial charge in [-0.1, -0.05) is 20.8 Å². The van der Waals surface area contributed by atoms with Crippen LogP contribution in [0, 0.1) is 46.3 Å². The van der Waals surface area contributed by atoms with E-state index in [1.807, 2.05) is 7.11 Å². The van der Waals surface area contributed by atoms with Crippen LogP contribution in [0.15, 0.2) is 0 Å². The zero-order valence-electron chi connectivity index (χ0n) is 19.9. The Bertz CT molecular complexity index is 635. The molecule has 4 saturated carbocycles. The lowest BCUT2D eigenvalue weighted by Crippen LogP contribution is -2.59. The van der Waals surface area contributed by atoms with Crippen molar-refractivity contribution in [1.29, 1.82) is 0 Å². The van der Waals surface area contributed by atoms with Gasteiger partial charge in [0.15, 0.2) is 0 Å². The van der Waals surface area contributed by atoms with E-state index in [1.165, 1.54) is 39.2 Å². The fourth-order valence-electron chi connectivity index (χ4n) is 9.05. The second-order valence-corrected chi connectivity index (χ2v) is 11.8. The summed E-state index contributed by atoms with van der Waals surface area (Å²) in [5, 5.41) is 10.3. The summed E-state index contributed by atoms with van der Waals surface area (Å²) in [6.45, 7) is 7.47. The summed E-state index contributed by atoms with van der Waals surface area (Å²) in [7, 11) is 3.41. The summed E-state index contributed by atoms with van der Waals surface area (Å²) in [4.78, 5) is 11.7. The zero-order valence-corrected chi connectivity index (χ0v) is 19.9. The minimum Gasteiger partial charge on any atom is -0.469 e. The maximum Gasteiger partial charge on any atom is 0.305 e. The molecule has 0 aromatic carbocycles. The van der Waals surface area contributed by atoms with Crippen LogP contribution in [0.25, 0.3) is 0 Å². The van der Waals surface area contributed by atoms with Crippen LogP contribution in [0.1, 0.15) is 85.0 Å². The van der Waals surface area contributed by atoms with Gasteiger partial charge in [-0.2, -0.15) is 0 Å². The summed E-state index contributed by atoms with van der Waals surface area (Å²) in [5.74, 6) is 3.91. The van der Waals surface area contributed by atoms with Gasteiger partial charge in [0, 0.05) is 13.5 Å². The van der Waals surface area contributed by atoms with Crippen LogP contribution < -0.4 is 0 Å². The maximum atomic E-state index is 11.7. The molecular formula is C26H44O4. The van der Waals surface area contributed by atoms with E-state index in [-0.39, 0.29) is 12.1 Å². The number of fused-ring (bicyclic) bond motifs is 5. The molecule has 0 radical (unpaired) electrons. The van der Waals surface area contributed by atoms with Gasteiger partial charge < -0.3 is 14.6 Å². The third-order valence-electron chi connectivity index (χ3n) is 10.7. The average Bonchev–Trinajstić information content (AvgIpc) is 3.09. The number of esters is 1. The minimum absolute atomic E-state index is 0.0737. The van der Waals surface area contributed by atoms with Crippen molar-refractivity contribution in [3.63, 3.8) is 0 Å². The van der Waals surface area contributed by atoms with E-state index in [0.29, 0.717) is 47.0 Å². The molecule has 0 saturated heterocycles. The topological polar surface area (TPSA) is 55.8 Å². The number of rotatable bonds is 5. The van der Waals surface area contributed by atoms with E-state index in [1.54, 1.807) is 0 Å². The Hall–Kier alpha value is -0.610. The van der Waals surface area contributed by atoms with E-state index in [9.17, 15) is 9.90 Å². The van der Waals surface area contributed by atoms with Crippen LogP contribution in [0.5, 0.6) is 0 Å². The number of hydrogen-bond donors (Lipinski definition) is 1. The maximum absolute atomic E-state index is 11.7. The highest BCUT2D eigenvalue weighted by Crippen LogP contribution is 2.68.